The molecule has 2 N–H and O–H groups in total. The quantitative estimate of drug-likeness (QED) is 0.677. The molecule has 13 heavy (non-hydrogen) atoms. The first-order valence-corrected chi connectivity index (χ1v) is 4.98. The molecule has 2 rings (SSSR count). The van der Waals surface area contributed by atoms with Gasteiger partial charge in [0.1, 0.15) is 11.4 Å². The molecular weight excluding hydrogens is 166 g/mol. The van der Waals surface area contributed by atoms with Gasteiger partial charge in [0.2, 0.25) is 0 Å². The molecule has 1 heterocycles. The van der Waals surface area contributed by atoms with Gasteiger partial charge in [0.25, 0.3) is 0 Å². The van der Waals surface area contributed by atoms with Gasteiger partial charge in [0.15, 0.2) is 0 Å². The summed E-state index contributed by atoms with van der Waals surface area (Å²) in [6.45, 7) is 3.12. The van der Waals surface area contributed by atoms with Gasteiger partial charge in [0, 0.05) is 19.0 Å². The number of aliphatic hydroxyl groups is 1. The normalized spacial score (nSPS) is 26.5. The summed E-state index contributed by atoms with van der Waals surface area (Å²) in [5.74, 6) is 0.737. The number of ether oxygens (including phenoxy) is 1. The first-order valence-electron chi connectivity index (χ1n) is 4.98. The van der Waals surface area contributed by atoms with E-state index >= 15 is 0 Å². The minimum absolute atomic E-state index is 0.601. The molecular formula is C10H17NO2. The van der Waals surface area contributed by atoms with Crippen LogP contribution >= 0.6 is 0 Å². The van der Waals surface area contributed by atoms with E-state index in [4.69, 9.17) is 4.74 Å². The van der Waals surface area contributed by atoms with Crippen molar-refractivity contribution in [1.82, 2.24) is 5.32 Å². The van der Waals surface area contributed by atoms with Gasteiger partial charge in [-0.05, 0) is 25.8 Å². The smallest absolute Gasteiger partial charge is 0.131 e. The van der Waals surface area contributed by atoms with Gasteiger partial charge in [-0.25, -0.2) is 0 Å². The van der Waals surface area contributed by atoms with E-state index in [1.807, 2.05) is 6.08 Å². The zero-order valence-electron chi connectivity index (χ0n) is 8.05. The maximum Gasteiger partial charge on any atom is 0.131 e. The maximum atomic E-state index is 10.0. The van der Waals surface area contributed by atoms with E-state index in [0.717, 1.165) is 18.8 Å². The number of hydrogen-bond donors (Lipinski definition) is 2. The molecule has 1 atom stereocenters. The Labute approximate surface area is 78.8 Å². The highest BCUT2D eigenvalue weighted by molar-refractivity contribution is 5.12. The van der Waals surface area contributed by atoms with Crippen LogP contribution < -0.4 is 5.32 Å². The summed E-state index contributed by atoms with van der Waals surface area (Å²) in [4.78, 5) is 0. The van der Waals surface area contributed by atoms with Gasteiger partial charge in [-0.2, -0.15) is 0 Å². The van der Waals surface area contributed by atoms with Gasteiger partial charge in [-0.3, -0.25) is 0 Å². The summed E-state index contributed by atoms with van der Waals surface area (Å²) in [6.07, 6.45) is 5.40. The molecule has 0 saturated heterocycles. The molecule has 1 saturated carbocycles. The number of hydrogen-bond acceptors (Lipinski definition) is 3. The van der Waals surface area contributed by atoms with Gasteiger partial charge in [0.05, 0.1) is 6.61 Å². The molecule has 0 amide bonds. The molecule has 3 heteroatoms. The van der Waals surface area contributed by atoms with Crippen LogP contribution in [0.15, 0.2) is 11.8 Å². The van der Waals surface area contributed by atoms with Gasteiger partial charge in [-0.15, -0.1) is 0 Å². The van der Waals surface area contributed by atoms with Crippen LogP contribution in [0.5, 0.6) is 0 Å². The van der Waals surface area contributed by atoms with Crippen LogP contribution in [0.3, 0.4) is 0 Å². The highest BCUT2D eigenvalue weighted by atomic mass is 16.5. The molecule has 74 valence electrons. The predicted molar refractivity (Wildman–Crippen MR) is 50.3 cm³/mol. The van der Waals surface area contributed by atoms with Crippen LogP contribution in [0, 0.1) is 0 Å². The minimum atomic E-state index is -0.820. The lowest BCUT2D eigenvalue weighted by molar-refractivity contribution is 0.0347. The Hall–Kier alpha value is -0.540. The Balaban J connectivity index is 1.85. The molecule has 0 aromatic rings. The molecule has 0 aromatic heterocycles. The SMILES string of the molecule is CC(O)(CNC1CC1)C1=CCCO1. The molecule has 1 aliphatic heterocycles. The van der Waals surface area contributed by atoms with Crippen LogP contribution in [0.2, 0.25) is 0 Å². The Bertz CT molecular complexity index is 219. The largest absolute Gasteiger partial charge is 0.495 e. The van der Waals surface area contributed by atoms with Crippen molar-refractivity contribution in [1.29, 1.82) is 0 Å². The second-order valence-corrected chi connectivity index (χ2v) is 4.13. The van der Waals surface area contributed by atoms with E-state index in [0.29, 0.717) is 12.6 Å². The van der Waals surface area contributed by atoms with Crippen LogP contribution in [0.25, 0.3) is 0 Å². The van der Waals surface area contributed by atoms with Crippen molar-refractivity contribution < 1.29 is 9.84 Å². The number of rotatable bonds is 4. The Morgan fingerprint density at radius 1 is 1.69 bits per heavy atom. The molecule has 0 spiro atoms. The molecule has 2 aliphatic rings. The Morgan fingerprint density at radius 2 is 2.46 bits per heavy atom. The van der Waals surface area contributed by atoms with Crippen LogP contribution in [0.4, 0.5) is 0 Å². The molecule has 1 unspecified atom stereocenters. The Kier molecular flexibility index (Phi) is 2.30. The summed E-state index contributed by atoms with van der Waals surface area (Å²) in [5.41, 5.74) is -0.820. The van der Waals surface area contributed by atoms with Crippen molar-refractivity contribution in [3.63, 3.8) is 0 Å². The van der Waals surface area contributed by atoms with Crippen LogP contribution in [0.1, 0.15) is 26.2 Å². The lowest BCUT2D eigenvalue weighted by atomic mass is 10.0. The van der Waals surface area contributed by atoms with Gasteiger partial charge in [-0.1, -0.05) is 0 Å². The third-order valence-corrected chi connectivity index (χ3v) is 2.55. The predicted octanol–water partition coefficient (Wildman–Crippen LogP) is 0.794. The summed E-state index contributed by atoms with van der Waals surface area (Å²) in [7, 11) is 0. The average molecular weight is 183 g/mol. The van der Waals surface area contributed by atoms with Crippen molar-refractivity contribution in [3.8, 4) is 0 Å². The zero-order chi connectivity index (χ0) is 9.31. The fourth-order valence-electron chi connectivity index (χ4n) is 1.51. The summed E-state index contributed by atoms with van der Waals surface area (Å²) in [6, 6.07) is 0.633. The van der Waals surface area contributed by atoms with Gasteiger partial charge < -0.3 is 15.2 Å². The van der Waals surface area contributed by atoms with Crippen LogP contribution in [-0.4, -0.2) is 29.9 Å². The van der Waals surface area contributed by atoms with E-state index in [9.17, 15) is 5.11 Å². The van der Waals surface area contributed by atoms with Gasteiger partial charge >= 0.3 is 0 Å². The second kappa shape index (κ2) is 3.31. The Morgan fingerprint density at radius 3 is 3.00 bits per heavy atom. The standard InChI is InChI=1S/C10H17NO2/c1-10(12,7-11-8-4-5-8)9-3-2-6-13-9/h3,8,11-12H,2,4-7H2,1H3. The molecule has 1 fully saturated rings. The lowest BCUT2D eigenvalue weighted by Crippen LogP contribution is -2.40. The summed E-state index contributed by atoms with van der Waals surface area (Å²) >= 11 is 0. The maximum absolute atomic E-state index is 10.0. The van der Waals surface area contributed by atoms with E-state index in [1.165, 1.54) is 12.8 Å². The van der Waals surface area contributed by atoms with Crippen molar-refractivity contribution in [2.24, 2.45) is 0 Å². The topological polar surface area (TPSA) is 41.5 Å². The summed E-state index contributed by atoms with van der Waals surface area (Å²) < 4.78 is 5.34. The first kappa shape index (κ1) is 9.03. The monoisotopic (exact) mass is 183 g/mol. The minimum Gasteiger partial charge on any atom is -0.495 e. The van der Waals surface area contributed by atoms with E-state index in [1.54, 1.807) is 6.92 Å². The van der Waals surface area contributed by atoms with Crippen molar-refractivity contribution in [2.45, 2.75) is 37.8 Å². The molecule has 0 radical (unpaired) electrons. The van der Waals surface area contributed by atoms with Crippen molar-refractivity contribution in [3.05, 3.63) is 11.8 Å². The van der Waals surface area contributed by atoms with Crippen LogP contribution in [-0.2, 0) is 4.74 Å². The molecule has 1 aliphatic carbocycles. The highest BCUT2D eigenvalue weighted by Crippen LogP contribution is 2.24. The van der Waals surface area contributed by atoms with Crippen molar-refractivity contribution >= 4 is 0 Å². The third kappa shape index (κ3) is 2.23. The molecule has 0 aromatic carbocycles. The average Bonchev–Trinajstić information content (AvgIpc) is 2.74. The van der Waals surface area contributed by atoms with E-state index in [2.05, 4.69) is 5.32 Å². The van der Waals surface area contributed by atoms with E-state index in [-0.39, 0.29) is 0 Å². The molecule has 3 nitrogen and oxygen atoms in total. The molecule has 0 bridgehead atoms. The summed E-state index contributed by atoms with van der Waals surface area (Å²) in [5, 5.41) is 13.3. The lowest BCUT2D eigenvalue weighted by Gasteiger charge is -2.24. The zero-order valence-corrected chi connectivity index (χ0v) is 8.05. The van der Waals surface area contributed by atoms with E-state index < -0.39 is 5.60 Å². The van der Waals surface area contributed by atoms with Crippen molar-refractivity contribution in [2.75, 3.05) is 13.2 Å². The third-order valence-electron chi connectivity index (χ3n) is 2.55. The first-order chi connectivity index (χ1) is 6.18. The fraction of sp³-hybridized carbons (Fsp3) is 0.800. The number of nitrogens with one attached hydrogen (secondary N) is 1. The fourth-order valence-corrected chi connectivity index (χ4v) is 1.51. The second-order valence-electron chi connectivity index (χ2n) is 4.13. The highest BCUT2D eigenvalue weighted by Gasteiger charge is 2.32.